The maximum atomic E-state index is 12.5. The van der Waals surface area contributed by atoms with Crippen molar-refractivity contribution in [3.05, 3.63) is 58.7 Å². The van der Waals surface area contributed by atoms with Crippen LogP contribution in [0.3, 0.4) is 0 Å². The summed E-state index contributed by atoms with van der Waals surface area (Å²) in [7, 11) is 0. The number of carbonyl (C=O) groups excluding carboxylic acids is 8. The predicted octanol–water partition coefficient (Wildman–Crippen LogP) is -3.36. The summed E-state index contributed by atoms with van der Waals surface area (Å²) >= 11 is 0. The average molecular weight is 601 g/mol. The molecule has 2 unspecified atom stereocenters. The Morgan fingerprint density at radius 1 is 1.02 bits per heavy atom. The Labute approximate surface area is 282 Å². The molecule has 2 fully saturated rings. The first-order valence-corrected chi connectivity index (χ1v) is 12.7. The normalized spacial score (nSPS) is 19.5. The number of nitrogens with zero attached hydrogens (tertiary/aromatic N) is 4. The van der Waals surface area contributed by atoms with Crippen molar-refractivity contribution in [2.75, 3.05) is 0 Å². The second-order valence-corrected chi connectivity index (χ2v) is 9.45. The van der Waals surface area contributed by atoms with Crippen molar-refractivity contribution in [1.82, 2.24) is 30.4 Å². The maximum Gasteiger partial charge on any atom is 1.00 e. The van der Waals surface area contributed by atoms with Crippen molar-refractivity contribution in [1.29, 1.82) is 0 Å². The molecule has 0 radical (unpaired) electrons. The van der Waals surface area contributed by atoms with Crippen LogP contribution in [-0.4, -0.2) is 79.6 Å². The van der Waals surface area contributed by atoms with E-state index in [-0.39, 0.29) is 93.9 Å². The molecule has 0 spiro atoms. The molecule has 8 amide bonds. The molecular weight excluding hydrogens is 575 g/mol. The molecule has 0 saturated carbocycles. The van der Waals surface area contributed by atoms with E-state index in [1.165, 1.54) is 12.3 Å². The molecule has 0 aromatic carbocycles. The molecule has 5 heterocycles. The fourth-order valence-electron chi connectivity index (χ4n) is 4.64. The quantitative estimate of drug-likeness (QED) is 0.152. The zero-order chi connectivity index (χ0) is 29.8. The van der Waals surface area contributed by atoms with Crippen molar-refractivity contribution < 1.29 is 89.7 Å². The van der Waals surface area contributed by atoms with Crippen molar-refractivity contribution in [3.8, 4) is 0 Å². The number of fused-ring (bicyclic) bond motifs is 1. The maximum absolute atomic E-state index is 12.5. The second kappa shape index (κ2) is 14.1. The van der Waals surface area contributed by atoms with Gasteiger partial charge in [-0.1, -0.05) is 30.9 Å². The van der Waals surface area contributed by atoms with Crippen LogP contribution >= 0.6 is 0 Å². The van der Waals surface area contributed by atoms with Gasteiger partial charge in [-0.15, -0.1) is 6.07 Å². The summed E-state index contributed by atoms with van der Waals surface area (Å²) in [6, 6.07) is 1.23. The number of piperidine rings is 2. The standard InChI is InChI=1S/C15H17N3O4.C12H8N3O4.K/c1-3-10-6-9(2)13(16-7-10)15(22)18(8-19)11-4-5-12(20)17-14(11)21;16-9-2-1-8(10(17)14-9)15-11(18)6-3-4-13-5-7(6)12(15)19;/h6-8,11H,3-5H2,1-2H3,(H,17,20,21);3,5,8H,1-2H2,(H,14,16,17);/q;-1;+1. The topological polar surface area (TPSA) is 193 Å². The van der Waals surface area contributed by atoms with Gasteiger partial charge in [0.15, 0.2) is 0 Å². The van der Waals surface area contributed by atoms with Gasteiger partial charge in [0, 0.05) is 19.0 Å². The van der Waals surface area contributed by atoms with Gasteiger partial charge in [0.05, 0.1) is 0 Å². The number of imide groups is 4. The van der Waals surface area contributed by atoms with E-state index < -0.39 is 53.4 Å². The van der Waals surface area contributed by atoms with Crippen molar-refractivity contribution in [2.24, 2.45) is 0 Å². The van der Waals surface area contributed by atoms with Gasteiger partial charge in [0.1, 0.15) is 17.8 Å². The minimum absolute atomic E-state index is 0. The molecule has 5 rings (SSSR count). The fraction of sp³-hybridized carbons (Fsp3) is 0.333. The van der Waals surface area contributed by atoms with Gasteiger partial charge >= 0.3 is 51.4 Å². The Balaban J connectivity index is 0.000000227. The summed E-state index contributed by atoms with van der Waals surface area (Å²) in [5, 5.41) is 4.26. The zero-order valence-electron chi connectivity index (χ0n) is 23.1. The Morgan fingerprint density at radius 2 is 1.67 bits per heavy atom. The number of aryl methyl sites for hydroxylation is 2. The second-order valence-electron chi connectivity index (χ2n) is 9.45. The van der Waals surface area contributed by atoms with Crippen molar-refractivity contribution >= 4 is 47.8 Å². The average Bonchev–Trinajstić information content (AvgIpc) is 3.20. The molecule has 42 heavy (non-hydrogen) atoms. The van der Waals surface area contributed by atoms with E-state index in [4.69, 9.17) is 0 Å². The first-order valence-electron chi connectivity index (χ1n) is 12.7. The van der Waals surface area contributed by atoms with E-state index in [9.17, 15) is 38.4 Å². The first kappa shape index (κ1) is 33.0. The van der Waals surface area contributed by atoms with Crippen molar-refractivity contribution in [2.45, 2.75) is 58.0 Å². The summed E-state index contributed by atoms with van der Waals surface area (Å²) in [4.78, 5) is 103. The van der Waals surface area contributed by atoms with Crippen LogP contribution in [0.4, 0.5) is 0 Å². The van der Waals surface area contributed by atoms with Gasteiger partial charge in [0.25, 0.3) is 5.91 Å². The van der Waals surface area contributed by atoms with E-state index >= 15 is 0 Å². The number of pyridine rings is 2. The number of nitrogens with one attached hydrogen (secondary N) is 2. The van der Waals surface area contributed by atoms with E-state index in [1.54, 1.807) is 13.1 Å². The Kier molecular flexibility index (Phi) is 11.1. The minimum atomic E-state index is -0.977. The van der Waals surface area contributed by atoms with Gasteiger partial charge in [-0.2, -0.15) is 0 Å². The first-order chi connectivity index (χ1) is 19.6. The number of carbonyl (C=O) groups is 8. The van der Waals surface area contributed by atoms with E-state index in [0.29, 0.717) is 12.0 Å². The summed E-state index contributed by atoms with van der Waals surface area (Å²) in [6.45, 7) is 3.70. The Bertz CT molecular complexity index is 1460. The Hall–Kier alpha value is -3.50. The van der Waals surface area contributed by atoms with Crippen LogP contribution in [0, 0.1) is 13.1 Å². The molecule has 3 aliphatic rings. The molecule has 14 nitrogen and oxygen atoms in total. The largest absolute Gasteiger partial charge is 1.00 e. The Morgan fingerprint density at radius 3 is 2.24 bits per heavy atom. The van der Waals surface area contributed by atoms with Gasteiger partial charge in [-0.05, 0) is 42.9 Å². The monoisotopic (exact) mass is 600 g/mol. The van der Waals surface area contributed by atoms with E-state index in [0.717, 1.165) is 21.8 Å². The third-order valence-electron chi connectivity index (χ3n) is 6.83. The molecule has 2 saturated heterocycles. The van der Waals surface area contributed by atoms with Crippen molar-refractivity contribution in [3.63, 3.8) is 0 Å². The van der Waals surface area contributed by atoms with Gasteiger partial charge < -0.3 is 4.98 Å². The molecule has 212 valence electrons. The predicted molar refractivity (Wildman–Crippen MR) is 137 cm³/mol. The molecule has 0 bridgehead atoms. The van der Waals surface area contributed by atoms with Gasteiger partial charge in [-0.25, -0.2) is 0 Å². The molecular formula is C27H25KN6O8. The van der Waals surface area contributed by atoms with Gasteiger partial charge in [0.2, 0.25) is 41.9 Å². The number of hydrogen-bond acceptors (Lipinski definition) is 10. The summed E-state index contributed by atoms with van der Waals surface area (Å²) in [5.74, 6) is -3.80. The minimum Gasteiger partial charge on any atom is -0.393 e. The third-order valence-corrected chi connectivity index (χ3v) is 6.83. The van der Waals surface area contributed by atoms with Crippen LogP contribution in [0.2, 0.25) is 0 Å². The third kappa shape index (κ3) is 6.76. The molecule has 2 aromatic heterocycles. The zero-order valence-corrected chi connectivity index (χ0v) is 26.3. The van der Waals surface area contributed by atoms with Crippen LogP contribution < -0.4 is 62.0 Å². The molecule has 2 atom stereocenters. The molecule has 2 N–H and O–H groups in total. The van der Waals surface area contributed by atoms with Crippen LogP contribution in [0.5, 0.6) is 0 Å². The number of rotatable bonds is 5. The molecule has 2 aromatic rings. The number of aromatic nitrogens is 2. The SMILES string of the molecule is CCc1cnc(C(=O)N(C=O)C2CCC(=O)NC2=O)c(C)c1.O=C1CCC(N2C(=O)c3c[c-]ncc3C2=O)C(=O)N1.[K+]. The molecule has 3 aliphatic heterocycles. The van der Waals surface area contributed by atoms with Crippen LogP contribution in [0.25, 0.3) is 0 Å². The molecule has 15 heteroatoms. The van der Waals surface area contributed by atoms with Crippen LogP contribution in [-0.2, 0) is 30.4 Å². The number of amides is 8. The van der Waals surface area contributed by atoms with Crippen LogP contribution in [0.1, 0.15) is 74.9 Å². The van der Waals surface area contributed by atoms with Gasteiger partial charge in [-0.3, -0.25) is 63.8 Å². The number of hydrogen-bond donors (Lipinski definition) is 2. The fourth-order valence-corrected chi connectivity index (χ4v) is 4.64. The van der Waals surface area contributed by atoms with Crippen LogP contribution in [0.15, 0.2) is 24.5 Å². The molecule has 0 aliphatic carbocycles. The summed E-state index contributed by atoms with van der Waals surface area (Å²) in [6.07, 6.45) is 6.88. The van der Waals surface area contributed by atoms with E-state index in [2.05, 4.69) is 26.8 Å². The summed E-state index contributed by atoms with van der Waals surface area (Å²) < 4.78 is 0. The smallest absolute Gasteiger partial charge is 0.393 e. The van der Waals surface area contributed by atoms with E-state index in [1.807, 2.05) is 13.0 Å². The summed E-state index contributed by atoms with van der Waals surface area (Å²) in [5.41, 5.74) is 2.10.